The summed E-state index contributed by atoms with van der Waals surface area (Å²) >= 11 is 0. The van der Waals surface area contributed by atoms with Crippen LogP contribution < -0.4 is 0 Å². The Morgan fingerprint density at radius 1 is 0.478 bits per heavy atom. The molecule has 0 radical (unpaired) electrons. The molecule has 0 aliphatic heterocycles. The van der Waals surface area contributed by atoms with Gasteiger partial charge in [0.1, 0.15) is 0 Å². The quantitative estimate of drug-likeness (QED) is 0.297. The maximum atomic E-state index is 2.30. The minimum absolute atomic E-state index is 1.08. The lowest BCUT2D eigenvalue weighted by molar-refractivity contribution is 0.381. The number of unbranched alkanes of at least 4 members (excludes halogenated alkanes) is 11. The molecule has 0 aromatic carbocycles. The van der Waals surface area contributed by atoms with Crippen LogP contribution in [0.25, 0.3) is 0 Å². The van der Waals surface area contributed by atoms with Gasteiger partial charge < -0.3 is 0 Å². The Labute approximate surface area is 148 Å². The maximum Gasteiger partial charge on any atom is -0.0414 e. The van der Waals surface area contributed by atoms with Gasteiger partial charge in [0.25, 0.3) is 0 Å². The van der Waals surface area contributed by atoms with E-state index >= 15 is 0 Å². The molecule has 0 aromatic heterocycles. The Morgan fingerprint density at radius 2 is 0.870 bits per heavy atom. The molecule has 0 amide bonds. The van der Waals surface area contributed by atoms with Gasteiger partial charge in [0.05, 0.1) is 0 Å². The highest BCUT2D eigenvalue weighted by Crippen LogP contribution is 2.26. The second-order valence-corrected chi connectivity index (χ2v) is 8.24. The topological polar surface area (TPSA) is 0 Å². The van der Waals surface area contributed by atoms with Crippen LogP contribution in [0.1, 0.15) is 142 Å². The van der Waals surface area contributed by atoms with Crippen LogP contribution >= 0.6 is 0 Å². The minimum Gasteiger partial charge on any atom is -0.0654 e. The van der Waals surface area contributed by atoms with Gasteiger partial charge in [-0.1, -0.05) is 142 Å². The molecule has 1 aliphatic rings. The lowest BCUT2D eigenvalue weighted by Crippen LogP contribution is -2.00. The molecule has 1 aliphatic carbocycles. The molecule has 0 unspecified atom stereocenters. The first-order valence-electron chi connectivity index (χ1n) is 11.4. The Bertz CT molecular complexity index is 210. The average Bonchev–Trinajstić information content (AvgIpc) is 2.70. The zero-order valence-corrected chi connectivity index (χ0v) is 16.4. The average molecular weight is 323 g/mol. The van der Waals surface area contributed by atoms with E-state index in [4.69, 9.17) is 0 Å². The van der Waals surface area contributed by atoms with Crippen LogP contribution in [0.2, 0.25) is 0 Å². The summed E-state index contributed by atoms with van der Waals surface area (Å²) in [6.07, 6.45) is 31.4. The van der Waals surface area contributed by atoms with Crippen molar-refractivity contribution in [3.05, 3.63) is 0 Å². The van der Waals surface area contributed by atoms with E-state index in [0.717, 1.165) is 5.92 Å². The molecular weight excluding hydrogens is 276 g/mol. The van der Waals surface area contributed by atoms with Crippen molar-refractivity contribution in [2.45, 2.75) is 142 Å². The first kappa shape index (κ1) is 21.0. The fraction of sp³-hybridized carbons (Fsp3) is 1.00. The second-order valence-electron chi connectivity index (χ2n) is 8.24. The van der Waals surface area contributed by atoms with E-state index < -0.39 is 0 Å². The molecule has 0 spiro atoms. The lowest BCUT2D eigenvalue weighted by atomic mass is 9.91. The predicted octanol–water partition coefficient (Wildman–Crippen LogP) is 8.83. The van der Waals surface area contributed by atoms with Crippen LogP contribution in [-0.2, 0) is 0 Å². The zero-order valence-electron chi connectivity index (χ0n) is 16.4. The molecule has 0 heteroatoms. The van der Waals surface area contributed by atoms with Crippen LogP contribution in [0.5, 0.6) is 0 Å². The molecule has 138 valence electrons. The maximum absolute atomic E-state index is 2.30. The van der Waals surface area contributed by atoms with Crippen molar-refractivity contribution in [1.29, 1.82) is 0 Å². The number of hydrogen-bond donors (Lipinski definition) is 0. The van der Waals surface area contributed by atoms with Crippen LogP contribution in [0.15, 0.2) is 0 Å². The monoisotopic (exact) mass is 322 g/mol. The SMILES string of the molecule is CCCCCCCCCCCCCCC1CCCCCCCC1. The van der Waals surface area contributed by atoms with Crippen LogP contribution in [0.4, 0.5) is 0 Å². The molecule has 0 saturated heterocycles. The molecule has 0 heterocycles. The summed E-state index contributed by atoms with van der Waals surface area (Å²) in [5.74, 6) is 1.08. The van der Waals surface area contributed by atoms with Crippen LogP contribution in [0.3, 0.4) is 0 Å². The van der Waals surface area contributed by atoms with Gasteiger partial charge >= 0.3 is 0 Å². The highest BCUT2D eigenvalue weighted by molar-refractivity contribution is 4.63. The van der Waals surface area contributed by atoms with Gasteiger partial charge in [-0.05, 0) is 5.92 Å². The van der Waals surface area contributed by atoms with Gasteiger partial charge in [0, 0.05) is 0 Å². The van der Waals surface area contributed by atoms with E-state index in [9.17, 15) is 0 Å². The van der Waals surface area contributed by atoms with Gasteiger partial charge in [-0.2, -0.15) is 0 Å². The van der Waals surface area contributed by atoms with Gasteiger partial charge in [-0.15, -0.1) is 0 Å². The highest BCUT2D eigenvalue weighted by atomic mass is 14.2. The zero-order chi connectivity index (χ0) is 16.4. The summed E-state index contributed by atoms with van der Waals surface area (Å²) in [7, 11) is 0. The molecule has 0 atom stereocenters. The summed E-state index contributed by atoms with van der Waals surface area (Å²) in [5, 5.41) is 0. The van der Waals surface area contributed by atoms with E-state index in [2.05, 4.69) is 6.92 Å². The summed E-state index contributed by atoms with van der Waals surface area (Å²) in [4.78, 5) is 0. The fourth-order valence-corrected chi connectivity index (χ4v) is 4.28. The van der Waals surface area contributed by atoms with Crippen molar-refractivity contribution in [3.8, 4) is 0 Å². The summed E-state index contributed by atoms with van der Waals surface area (Å²) < 4.78 is 0. The van der Waals surface area contributed by atoms with Crippen LogP contribution in [0, 0.1) is 5.92 Å². The number of rotatable bonds is 13. The van der Waals surface area contributed by atoms with E-state index in [0.29, 0.717) is 0 Å². The third kappa shape index (κ3) is 14.1. The van der Waals surface area contributed by atoms with Gasteiger partial charge in [-0.3, -0.25) is 0 Å². The fourth-order valence-electron chi connectivity index (χ4n) is 4.28. The molecule has 0 aromatic rings. The highest BCUT2D eigenvalue weighted by Gasteiger charge is 2.10. The molecule has 1 fully saturated rings. The van der Waals surface area contributed by atoms with E-state index in [-0.39, 0.29) is 0 Å². The first-order valence-corrected chi connectivity index (χ1v) is 11.4. The van der Waals surface area contributed by atoms with E-state index in [1.807, 2.05) is 0 Å². The van der Waals surface area contributed by atoms with Crippen molar-refractivity contribution < 1.29 is 0 Å². The van der Waals surface area contributed by atoms with Crippen molar-refractivity contribution >= 4 is 0 Å². The smallest absolute Gasteiger partial charge is 0.0414 e. The Hall–Kier alpha value is 0. The lowest BCUT2D eigenvalue weighted by Gasteiger charge is -2.15. The summed E-state index contributed by atoms with van der Waals surface area (Å²) in [6.45, 7) is 2.30. The Balaban J connectivity index is 1.81. The Morgan fingerprint density at radius 3 is 1.35 bits per heavy atom. The minimum atomic E-state index is 1.08. The predicted molar refractivity (Wildman–Crippen MR) is 106 cm³/mol. The largest absolute Gasteiger partial charge is 0.0654 e. The second kappa shape index (κ2) is 16.8. The number of hydrogen-bond acceptors (Lipinski definition) is 0. The third-order valence-corrected chi connectivity index (χ3v) is 5.94. The van der Waals surface area contributed by atoms with E-state index in [1.54, 1.807) is 0 Å². The van der Waals surface area contributed by atoms with Gasteiger partial charge in [-0.25, -0.2) is 0 Å². The van der Waals surface area contributed by atoms with Gasteiger partial charge in [0.2, 0.25) is 0 Å². The first-order chi connectivity index (χ1) is 11.4. The summed E-state index contributed by atoms with van der Waals surface area (Å²) in [5.41, 5.74) is 0. The molecule has 1 rings (SSSR count). The molecule has 0 N–H and O–H groups in total. The normalized spacial score (nSPS) is 17.6. The van der Waals surface area contributed by atoms with Gasteiger partial charge in [0.15, 0.2) is 0 Å². The van der Waals surface area contributed by atoms with Crippen molar-refractivity contribution in [1.82, 2.24) is 0 Å². The Kier molecular flexibility index (Phi) is 15.4. The van der Waals surface area contributed by atoms with Crippen molar-refractivity contribution in [2.24, 2.45) is 5.92 Å². The standard InChI is InChI=1S/C23H46/c1-2-3-4-5-6-7-8-9-10-11-14-17-20-23-21-18-15-12-13-16-19-22-23/h23H,2-22H2,1H3. The molecule has 23 heavy (non-hydrogen) atoms. The van der Waals surface area contributed by atoms with E-state index in [1.165, 1.54) is 135 Å². The molecular formula is C23H46. The summed E-state index contributed by atoms with van der Waals surface area (Å²) in [6, 6.07) is 0. The molecule has 1 saturated carbocycles. The van der Waals surface area contributed by atoms with Crippen molar-refractivity contribution in [3.63, 3.8) is 0 Å². The third-order valence-electron chi connectivity index (χ3n) is 5.94. The van der Waals surface area contributed by atoms with Crippen LogP contribution in [-0.4, -0.2) is 0 Å². The molecule has 0 bridgehead atoms. The molecule has 0 nitrogen and oxygen atoms in total. The van der Waals surface area contributed by atoms with Crippen molar-refractivity contribution in [2.75, 3.05) is 0 Å².